The zero-order valence-electron chi connectivity index (χ0n) is 43.6. The molecule has 398 valence electrons. The lowest BCUT2D eigenvalue weighted by Crippen LogP contribution is -2.61. The number of carboxylic acids is 1. The molecule has 1 aliphatic heterocycles. The molecular weight excluding hydrogens is 877 g/mol. The smallest absolute Gasteiger partial charge is 0.335 e. The summed E-state index contributed by atoms with van der Waals surface area (Å²) >= 11 is 0. The Morgan fingerprint density at radius 1 is 0.478 bits per heavy atom. The monoisotopic (exact) mass is 975 g/mol. The molecule has 0 saturated carbocycles. The fraction of sp³-hybridized carbons (Fsp3) is 0.789. The Morgan fingerprint density at radius 2 is 0.899 bits per heavy atom. The summed E-state index contributed by atoms with van der Waals surface area (Å²) in [7, 11) is 0. The summed E-state index contributed by atoms with van der Waals surface area (Å²) in [6.45, 7) is 5.86. The maximum absolute atomic E-state index is 13.1. The van der Waals surface area contributed by atoms with E-state index in [9.17, 15) is 34.5 Å². The minimum atomic E-state index is -1.91. The highest BCUT2D eigenvalue weighted by Gasteiger charge is 2.50. The number of carbonyl (C=O) groups is 4. The molecule has 1 aliphatic rings. The van der Waals surface area contributed by atoms with Crippen molar-refractivity contribution >= 4 is 23.9 Å². The van der Waals surface area contributed by atoms with E-state index in [1.54, 1.807) is 0 Å². The number of aliphatic carboxylic acids is 1. The van der Waals surface area contributed by atoms with Crippen molar-refractivity contribution in [2.45, 2.75) is 276 Å². The molecule has 3 N–H and O–H groups in total. The van der Waals surface area contributed by atoms with Crippen LogP contribution in [0.5, 0.6) is 0 Å². The average molecular weight is 975 g/mol. The maximum atomic E-state index is 13.1. The Labute approximate surface area is 418 Å². The molecule has 1 rings (SSSR count). The van der Waals surface area contributed by atoms with Crippen molar-refractivity contribution in [3.8, 4) is 0 Å². The molecule has 0 bridgehead atoms. The number of unbranched alkanes of at least 4 members (excludes halogenated alkanes) is 24. The first-order chi connectivity index (χ1) is 33.6. The second kappa shape index (κ2) is 45.8. The Morgan fingerprint density at radius 3 is 1.38 bits per heavy atom. The summed E-state index contributed by atoms with van der Waals surface area (Å²) in [5, 5.41) is 31.4. The van der Waals surface area contributed by atoms with Gasteiger partial charge in [-0.1, -0.05) is 172 Å². The number of esters is 3. The van der Waals surface area contributed by atoms with Crippen LogP contribution in [0.3, 0.4) is 0 Å². The van der Waals surface area contributed by atoms with Crippen LogP contribution in [0.25, 0.3) is 0 Å². The highest BCUT2D eigenvalue weighted by atomic mass is 16.7. The molecule has 1 saturated heterocycles. The van der Waals surface area contributed by atoms with Crippen molar-refractivity contribution < 1.29 is 58.2 Å². The van der Waals surface area contributed by atoms with Gasteiger partial charge in [-0.2, -0.15) is 0 Å². The zero-order chi connectivity index (χ0) is 50.4. The quantitative estimate of drug-likeness (QED) is 0.0228. The van der Waals surface area contributed by atoms with E-state index in [0.29, 0.717) is 19.3 Å². The van der Waals surface area contributed by atoms with E-state index in [2.05, 4.69) is 69.4 Å². The normalized spacial score (nSPS) is 19.0. The number of hydrogen-bond acceptors (Lipinski definition) is 11. The summed E-state index contributed by atoms with van der Waals surface area (Å²) in [6, 6.07) is 0. The van der Waals surface area contributed by atoms with E-state index in [1.165, 1.54) is 51.4 Å². The summed E-state index contributed by atoms with van der Waals surface area (Å²) in [5.74, 6) is -3.15. The van der Waals surface area contributed by atoms with Crippen LogP contribution >= 0.6 is 0 Å². The van der Waals surface area contributed by atoms with Crippen LogP contribution < -0.4 is 0 Å². The van der Waals surface area contributed by atoms with Crippen LogP contribution in [0, 0.1) is 0 Å². The Hall–Kier alpha value is -3.32. The van der Waals surface area contributed by atoms with Crippen LogP contribution in [-0.2, 0) is 42.9 Å². The molecular formula is C57H98O12. The number of carboxylic acid groups (broad SMARTS) is 1. The SMILES string of the molecule is CCC/C=C\C/C=C\CCCCCCCC(=O)OCC(COC1OC(C(=O)O)C(O)C(O)C1OC(=O)CCCCCCC/C=C\CCCCCC)OC(=O)CCCCCCC/C=C\CCCCCC. The second-order valence-corrected chi connectivity index (χ2v) is 18.9. The third kappa shape index (κ3) is 36.3. The lowest BCUT2D eigenvalue weighted by atomic mass is 9.98. The van der Waals surface area contributed by atoms with E-state index in [0.717, 1.165) is 128 Å². The van der Waals surface area contributed by atoms with Gasteiger partial charge in [0.2, 0.25) is 0 Å². The standard InChI is InChI=1S/C57H98O12/c1-4-7-10-13-16-19-22-25-28-31-34-37-40-43-49(58)65-46-48(67-50(59)44-41-38-35-32-29-26-23-20-17-14-11-8-5-2)47-66-57-55(53(62)52(61)54(69-57)56(63)64)68-51(60)45-42-39-36-33-30-27-24-21-18-15-12-9-6-3/h10,13,19-24,48,52-55,57,61-62H,4-9,11-12,14-18,25-47H2,1-3H3,(H,63,64)/b13-10-,22-19-,23-20-,24-21-. The van der Waals surface area contributed by atoms with E-state index >= 15 is 0 Å². The second-order valence-electron chi connectivity index (χ2n) is 18.9. The van der Waals surface area contributed by atoms with Crippen LogP contribution in [0.2, 0.25) is 0 Å². The van der Waals surface area contributed by atoms with Crippen molar-refractivity contribution in [1.29, 1.82) is 0 Å². The molecule has 12 heteroatoms. The summed E-state index contributed by atoms with van der Waals surface area (Å²) < 4.78 is 28.3. The minimum Gasteiger partial charge on any atom is -0.479 e. The van der Waals surface area contributed by atoms with Crippen LogP contribution in [0.4, 0.5) is 0 Å². The molecule has 1 heterocycles. The van der Waals surface area contributed by atoms with Gasteiger partial charge >= 0.3 is 23.9 Å². The molecule has 0 aromatic carbocycles. The number of hydrogen-bond donors (Lipinski definition) is 3. The highest BCUT2D eigenvalue weighted by molar-refractivity contribution is 5.74. The predicted molar refractivity (Wildman–Crippen MR) is 276 cm³/mol. The van der Waals surface area contributed by atoms with Crippen molar-refractivity contribution in [3.05, 3.63) is 48.6 Å². The molecule has 0 aromatic heterocycles. The Bertz CT molecular complexity index is 1390. The van der Waals surface area contributed by atoms with Gasteiger partial charge in [-0.3, -0.25) is 14.4 Å². The van der Waals surface area contributed by atoms with Crippen molar-refractivity contribution in [2.24, 2.45) is 0 Å². The van der Waals surface area contributed by atoms with Crippen LogP contribution in [-0.4, -0.2) is 89.2 Å². The van der Waals surface area contributed by atoms with E-state index in [-0.39, 0.29) is 25.9 Å². The summed E-state index contributed by atoms with van der Waals surface area (Å²) in [6.07, 6.45) is 40.9. The fourth-order valence-corrected chi connectivity index (χ4v) is 8.04. The van der Waals surface area contributed by atoms with Crippen molar-refractivity contribution in [1.82, 2.24) is 0 Å². The molecule has 0 spiro atoms. The van der Waals surface area contributed by atoms with Crippen molar-refractivity contribution in [2.75, 3.05) is 13.2 Å². The van der Waals surface area contributed by atoms with Gasteiger partial charge in [0.1, 0.15) is 18.8 Å². The number of rotatable bonds is 46. The largest absolute Gasteiger partial charge is 0.479 e. The van der Waals surface area contributed by atoms with Gasteiger partial charge < -0.3 is 39.0 Å². The first-order valence-electron chi connectivity index (χ1n) is 27.6. The van der Waals surface area contributed by atoms with Gasteiger partial charge in [-0.05, 0) is 96.3 Å². The molecule has 0 amide bonds. The van der Waals surface area contributed by atoms with Gasteiger partial charge in [0, 0.05) is 19.3 Å². The number of ether oxygens (including phenoxy) is 5. The third-order valence-corrected chi connectivity index (χ3v) is 12.3. The third-order valence-electron chi connectivity index (χ3n) is 12.3. The van der Waals surface area contributed by atoms with Gasteiger partial charge in [-0.15, -0.1) is 0 Å². The van der Waals surface area contributed by atoms with E-state index in [4.69, 9.17) is 23.7 Å². The molecule has 0 aromatic rings. The van der Waals surface area contributed by atoms with E-state index < -0.39 is 67.3 Å². The molecule has 0 aliphatic carbocycles. The van der Waals surface area contributed by atoms with Gasteiger partial charge in [0.05, 0.1) is 6.61 Å². The predicted octanol–water partition coefficient (Wildman–Crippen LogP) is 13.4. The van der Waals surface area contributed by atoms with E-state index in [1.807, 2.05) is 0 Å². The topological polar surface area (TPSA) is 175 Å². The average Bonchev–Trinajstić information content (AvgIpc) is 3.33. The molecule has 69 heavy (non-hydrogen) atoms. The Balaban J connectivity index is 2.74. The first kappa shape index (κ1) is 63.7. The minimum absolute atomic E-state index is 0.0487. The summed E-state index contributed by atoms with van der Waals surface area (Å²) in [5.41, 5.74) is 0. The van der Waals surface area contributed by atoms with Crippen LogP contribution in [0.1, 0.15) is 239 Å². The fourth-order valence-electron chi connectivity index (χ4n) is 8.04. The lowest BCUT2D eigenvalue weighted by molar-refractivity contribution is -0.301. The van der Waals surface area contributed by atoms with Gasteiger partial charge in [0.15, 0.2) is 24.6 Å². The molecule has 1 fully saturated rings. The Kier molecular flexibility index (Phi) is 42.3. The molecule has 12 nitrogen and oxygen atoms in total. The number of carbonyl (C=O) groups excluding carboxylic acids is 3. The van der Waals surface area contributed by atoms with Crippen LogP contribution in [0.15, 0.2) is 48.6 Å². The molecule has 6 unspecified atom stereocenters. The van der Waals surface area contributed by atoms with Gasteiger partial charge in [-0.25, -0.2) is 4.79 Å². The highest BCUT2D eigenvalue weighted by Crippen LogP contribution is 2.26. The first-order valence-corrected chi connectivity index (χ1v) is 27.6. The number of aliphatic hydroxyl groups excluding tert-OH is 2. The number of aliphatic hydroxyl groups is 2. The zero-order valence-corrected chi connectivity index (χ0v) is 43.6. The number of allylic oxidation sites excluding steroid dienone is 8. The van der Waals surface area contributed by atoms with Gasteiger partial charge in [0.25, 0.3) is 0 Å². The summed E-state index contributed by atoms with van der Waals surface area (Å²) in [4.78, 5) is 50.9. The maximum Gasteiger partial charge on any atom is 0.335 e. The van der Waals surface area contributed by atoms with Crippen molar-refractivity contribution in [3.63, 3.8) is 0 Å². The molecule has 6 atom stereocenters. The molecule has 0 radical (unpaired) electrons. The lowest BCUT2D eigenvalue weighted by Gasteiger charge is -2.40.